The molecule has 74 valence electrons. The van der Waals surface area contributed by atoms with E-state index in [1.54, 1.807) is 0 Å². The number of aliphatic hydroxyl groups is 1. The Hall–Kier alpha value is -0.0800. The molecule has 0 radical (unpaired) electrons. The highest BCUT2D eigenvalue weighted by Crippen LogP contribution is 2.14. The Kier molecular flexibility index (Phi) is 7.51. The van der Waals surface area contributed by atoms with Gasteiger partial charge in [-0.1, -0.05) is 13.3 Å². The first-order valence-electron chi connectivity index (χ1n) is 4.96. The van der Waals surface area contributed by atoms with Crippen LogP contribution in [-0.2, 0) is 0 Å². The van der Waals surface area contributed by atoms with Crippen molar-refractivity contribution >= 4 is 0 Å². The normalized spacial score (nSPS) is 13.8. The molecule has 0 spiro atoms. The van der Waals surface area contributed by atoms with Crippen LogP contribution in [0.3, 0.4) is 0 Å². The zero-order valence-electron chi connectivity index (χ0n) is 8.71. The minimum absolute atomic E-state index is 0.348. The van der Waals surface area contributed by atoms with Crippen molar-refractivity contribution in [3.63, 3.8) is 0 Å². The third-order valence-electron chi connectivity index (χ3n) is 2.33. The lowest BCUT2D eigenvalue weighted by Gasteiger charge is -2.15. The fourth-order valence-electron chi connectivity index (χ4n) is 1.43. The van der Waals surface area contributed by atoms with Gasteiger partial charge in [0.1, 0.15) is 0 Å². The largest absolute Gasteiger partial charge is 0.396 e. The maximum absolute atomic E-state index is 8.77. The molecule has 0 aliphatic carbocycles. The molecule has 0 aromatic heterocycles. The molecule has 0 saturated heterocycles. The number of rotatable bonds is 7. The second-order valence-corrected chi connectivity index (χ2v) is 3.73. The van der Waals surface area contributed by atoms with Gasteiger partial charge in [-0.05, 0) is 45.8 Å². The quantitative estimate of drug-likeness (QED) is 0.634. The van der Waals surface area contributed by atoms with Crippen molar-refractivity contribution < 1.29 is 5.11 Å². The van der Waals surface area contributed by atoms with E-state index in [2.05, 4.69) is 25.9 Å². The summed E-state index contributed by atoms with van der Waals surface area (Å²) in [5.41, 5.74) is 0. The summed E-state index contributed by atoms with van der Waals surface area (Å²) < 4.78 is 0. The van der Waals surface area contributed by atoms with E-state index >= 15 is 0 Å². The predicted molar refractivity (Wildman–Crippen MR) is 53.3 cm³/mol. The molecule has 2 nitrogen and oxygen atoms in total. The molecular formula is C10H23NO. The third-order valence-corrected chi connectivity index (χ3v) is 2.33. The van der Waals surface area contributed by atoms with E-state index in [4.69, 9.17) is 5.11 Å². The minimum Gasteiger partial charge on any atom is -0.396 e. The Labute approximate surface area is 76.6 Å². The molecule has 0 aliphatic heterocycles. The van der Waals surface area contributed by atoms with Crippen LogP contribution < -0.4 is 0 Å². The maximum Gasteiger partial charge on any atom is 0.0433 e. The molecule has 0 saturated carbocycles. The van der Waals surface area contributed by atoms with Crippen molar-refractivity contribution in [2.45, 2.75) is 32.6 Å². The van der Waals surface area contributed by atoms with Gasteiger partial charge in [0.25, 0.3) is 0 Å². The standard InChI is InChI=1S/C10H23NO/c1-4-10(7-9-12)6-5-8-11(2)3/h10,12H,4-9H2,1-3H3. The molecule has 0 amide bonds. The lowest BCUT2D eigenvalue weighted by Crippen LogP contribution is -2.14. The third kappa shape index (κ3) is 6.62. The molecule has 0 rings (SSSR count). The van der Waals surface area contributed by atoms with Crippen molar-refractivity contribution in [3.05, 3.63) is 0 Å². The lowest BCUT2D eigenvalue weighted by atomic mass is 9.97. The topological polar surface area (TPSA) is 23.5 Å². The Morgan fingerprint density at radius 2 is 1.92 bits per heavy atom. The summed E-state index contributed by atoms with van der Waals surface area (Å²) in [5, 5.41) is 8.77. The zero-order chi connectivity index (χ0) is 9.40. The highest BCUT2D eigenvalue weighted by atomic mass is 16.3. The summed E-state index contributed by atoms with van der Waals surface area (Å²) in [5.74, 6) is 0.731. The van der Waals surface area contributed by atoms with E-state index in [-0.39, 0.29) is 0 Å². The van der Waals surface area contributed by atoms with Gasteiger partial charge in [0.15, 0.2) is 0 Å². The molecule has 1 N–H and O–H groups in total. The van der Waals surface area contributed by atoms with Crippen LogP contribution in [0.2, 0.25) is 0 Å². The van der Waals surface area contributed by atoms with Crippen LogP contribution in [0.15, 0.2) is 0 Å². The van der Waals surface area contributed by atoms with E-state index in [0.29, 0.717) is 6.61 Å². The number of nitrogens with zero attached hydrogens (tertiary/aromatic N) is 1. The second kappa shape index (κ2) is 7.56. The molecule has 0 fully saturated rings. The van der Waals surface area contributed by atoms with Crippen molar-refractivity contribution in [3.8, 4) is 0 Å². The molecule has 0 aromatic carbocycles. The van der Waals surface area contributed by atoms with Gasteiger partial charge in [0.2, 0.25) is 0 Å². The summed E-state index contributed by atoms with van der Waals surface area (Å²) in [4.78, 5) is 2.21. The van der Waals surface area contributed by atoms with E-state index < -0.39 is 0 Å². The van der Waals surface area contributed by atoms with Crippen LogP contribution in [-0.4, -0.2) is 37.3 Å². The van der Waals surface area contributed by atoms with Gasteiger partial charge in [-0.3, -0.25) is 0 Å². The van der Waals surface area contributed by atoms with Gasteiger partial charge in [-0.15, -0.1) is 0 Å². The highest BCUT2D eigenvalue weighted by molar-refractivity contribution is 4.57. The number of aliphatic hydroxyl groups excluding tert-OH is 1. The average Bonchev–Trinajstić information content (AvgIpc) is 2.02. The summed E-state index contributed by atoms with van der Waals surface area (Å²) in [6.45, 7) is 3.72. The van der Waals surface area contributed by atoms with E-state index in [0.717, 1.165) is 12.3 Å². The maximum atomic E-state index is 8.77. The number of hydrogen-bond acceptors (Lipinski definition) is 2. The molecule has 12 heavy (non-hydrogen) atoms. The SMILES string of the molecule is CCC(CCO)CCCN(C)C. The van der Waals surface area contributed by atoms with Crippen LogP contribution in [0, 0.1) is 5.92 Å². The van der Waals surface area contributed by atoms with Crippen molar-refractivity contribution in [2.75, 3.05) is 27.2 Å². The van der Waals surface area contributed by atoms with Gasteiger partial charge >= 0.3 is 0 Å². The smallest absolute Gasteiger partial charge is 0.0433 e. The van der Waals surface area contributed by atoms with E-state index in [1.807, 2.05) is 0 Å². The van der Waals surface area contributed by atoms with Crippen molar-refractivity contribution in [2.24, 2.45) is 5.92 Å². The fourth-order valence-corrected chi connectivity index (χ4v) is 1.43. The predicted octanol–water partition coefficient (Wildman–Crippen LogP) is 1.74. The molecule has 1 atom stereocenters. The molecular weight excluding hydrogens is 150 g/mol. The van der Waals surface area contributed by atoms with Crippen molar-refractivity contribution in [1.82, 2.24) is 4.90 Å². The Morgan fingerprint density at radius 1 is 1.25 bits per heavy atom. The summed E-state index contributed by atoms with van der Waals surface area (Å²) in [6.07, 6.45) is 4.69. The molecule has 0 aliphatic rings. The molecule has 1 unspecified atom stereocenters. The summed E-state index contributed by atoms with van der Waals surface area (Å²) in [7, 11) is 4.21. The lowest BCUT2D eigenvalue weighted by molar-refractivity contribution is 0.243. The first kappa shape index (κ1) is 11.9. The Bertz CT molecular complexity index is 93.8. The summed E-state index contributed by atoms with van der Waals surface area (Å²) >= 11 is 0. The van der Waals surface area contributed by atoms with Gasteiger partial charge in [-0.2, -0.15) is 0 Å². The molecule has 0 aromatic rings. The monoisotopic (exact) mass is 173 g/mol. The van der Waals surface area contributed by atoms with Crippen LogP contribution >= 0.6 is 0 Å². The molecule has 0 bridgehead atoms. The fraction of sp³-hybridized carbons (Fsp3) is 1.00. The zero-order valence-corrected chi connectivity index (χ0v) is 8.71. The van der Waals surface area contributed by atoms with Crippen LogP contribution in [0.5, 0.6) is 0 Å². The minimum atomic E-state index is 0.348. The van der Waals surface area contributed by atoms with E-state index in [1.165, 1.54) is 25.8 Å². The van der Waals surface area contributed by atoms with Crippen LogP contribution in [0.25, 0.3) is 0 Å². The Morgan fingerprint density at radius 3 is 2.33 bits per heavy atom. The van der Waals surface area contributed by atoms with Crippen LogP contribution in [0.1, 0.15) is 32.6 Å². The second-order valence-electron chi connectivity index (χ2n) is 3.73. The van der Waals surface area contributed by atoms with Gasteiger partial charge < -0.3 is 10.0 Å². The summed E-state index contributed by atoms with van der Waals surface area (Å²) in [6, 6.07) is 0. The average molecular weight is 173 g/mol. The first-order chi connectivity index (χ1) is 5.70. The molecule has 2 heteroatoms. The van der Waals surface area contributed by atoms with Crippen molar-refractivity contribution in [1.29, 1.82) is 0 Å². The van der Waals surface area contributed by atoms with Gasteiger partial charge in [0, 0.05) is 6.61 Å². The van der Waals surface area contributed by atoms with Gasteiger partial charge in [-0.25, -0.2) is 0 Å². The van der Waals surface area contributed by atoms with Gasteiger partial charge in [0.05, 0.1) is 0 Å². The number of hydrogen-bond donors (Lipinski definition) is 1. The Balaban J connectivity index is 3.31. The molecule has 0 heterocycles. The first-order valence-corrected chi connectivity index (χ1v) is 4.96. The highest BCUT2D eigenvalue weighted by Gasteiger charge is 2.04. The van der Waals surface area contributed by atoms with E-state index in [9.17, 15) is 0 Å². The van der Waals surface area contributed by atoms with Crippen LogP contribution in [0.4, 0.5) is 0 Å².